The van der Waals surface area contributed by atoms with Crippen LogP contribution in [0, 0.1) is 11.6 Å². The van der Waals surface area contributed by atoms with E-state index in [2.05, 4.69) is 10.3 Å². The van der Waals surface area contributed by atoms with Crippen LogP contribution < -0.4 is 10.1 Å². The third-order valence-corrected chi connectivity index (χ3v) is 3.58. The van der Waals surface area contributed by atoms with Crippen molar-refractivity contribution in [2.45, 2.75) is 0 Å². The molecule has 3 rings (SSSR count). The summed E-state index contributed by atoms with van der Waals surface area (Å²) in [5, 5.41) is 2.61. The molecule has 0 saturated heterocycles. The SMILES string of the molecule is O=C(COc1ccc(C=Nc2ccccc2F)cc1)Nc1ccc(F)cc1. The lowest BCUT2D eigenvalue weighted by atomic mass is 10.2. The van der Waals surface area contributed by atoms with Gasteiger partial charge in [0.2, 0.25) is 0 Å². The maximum absolute atomic E-state index is 13.5. The van der Waals surface area contributed by atoms with Crippen LogP contribution in [-0.2, 0) is 4.79 Å². The second kappa shape index (κ2) is 8.71. The van der Waals surface area contributed by atoms with Gasteiger partial charge in [0.25, 0.3) is 5.91 Å². The van der Waals surface area contributed by atoms with Gasteiger partial charge in [-0.1, -0.05) is 12.1 Å². The highest BCUT2D eigenvalue weighted by Crippen LogP contribution is 2.17. The lowest BCUT2D eigenvalue weighted by Gasteiger charge is -2.07. The van der Waals surface area contributed by atoms with Gasteiger partial charge in [0.15, 0.2) is 6.61 Å². The van der Waals surface area contributed by atoms with Gasteiger partial charge in [0.05, 0.1) is 5.69 Å². The fourth-order valence-electron chi connectivity index (χ4n) is 2.23. The van der Waals surface area contributed by atoms with E-state index in [1.54, 1.807) is 48.7 Å². The van der Waals surface area contributed by atoms with Gasteiger partial charge in [-0.05, 0) is 66.2 Å². The molecule has 0 aliphatic rings. The number of benzene rings is 3. The molecule has 0 fully saturated rings. The van der Waals surface area contributed by atoms with E-state index in [1.807, 2.05) is 0 Å². The molecule has 1 N–H and O–H groups in total. The number of nitrogens with zero attached hydrogens (tertiary/aromatic N) is 1. The molecule has 0 aliphatic carbocycles. The van der Waals surface area contributed by atoms with Crippen molar-refractivity contribution in [2.75, 3.05) is 11.9 Å². The van der Waals surface area contributed by atoms with E-state index in [0.717, 1.165) is 5.56 Å². The van der Waals surface area contributed by atoms with E-state index in [9.17, 15) is 13.6 Å². The number of para-hydroxylation sites is 1. The van der Waals surface area contributed by atoms with Crippen LogP contribution in [-0.4, -0.2) is 18.7 Å². The molecule has 4 nitrogen and oxygen atoms in total. The molecule has 27 heavy (non-hydrogen) atoms. The van der Waals surface area contributed by atoms with Gasteiger partial charge in [-0.25, -0.2) is 8.78 Å². The average Bonchev–Trinajstić information content (AvgIpc) is 2.68. The first kappa shape index (κ1) is 18.3. The fourth-order valence-corrected chi connectivity index (χ4v) is 2.23. The maximum Gasteiger partial charge on any atom is 0.262 e. The van der Waals surface area contributed by atoms with Crippen LogP contribution in [0.15, 0.2) is 77.8 Å². The summed E-state index contributed by atoms with van der Waals surface area (Å²) in [7, 11) is 0. The Labute approximate surface area is 155 Å². The highest BCUT2D eigenvalue weighted by Gasteiger charge is 2.04. The normalized spacial score (nSPS) is 10.7. The minimum Gasteiger partial charge on any atom is -0.484 e. The van der Waals surface area contributed by atoms with Gasteiger partial charge in [-0.2, -0.15) is 0 Å². The Hall–Kier alpha value is -3.54. The molecule has 0 unspecified atom stereocenters. The standard InChI is InChI=1S/C21H16F2N2O2/c22-16-7-9-17(10-8-16)25-21(26)14-27-18-11-5-15(6-12-18)13-24-20-4-2-1-3-19(20)23/h1-13H,14H2,(H,25,26). The van der Waals surface area contributed by atoms with Crippen LogP contribution in [0.3, 0.4) is 0 Å². The van der Waals surface area contributed by atoms with Crippen molar-refractivity contribution in [1.82, 2.24) is 0 Å². The van der Waals surface area contributed by atoms with Crippen LogP contribution in [0.5, 0.6) is 5.75 Å². The number of amides is 1. The zero-order chi connectivity index (χ0) is 19.1. The number of anilines is 1. The smallest absolute Gasteiger partial charge is 0.262 e. The Morgan fingerprint density at radius 1 is 0.963 bits per heavy atom. The van der Waals surface area contributed by atoms with Gasteiger partial charge < -0.3 is 10.1 Å². The Morgan fingerprint density at radius 2 is 1.67 bits per heavy atom. The third kappa shape index (κ3) is 5.47. The molecule has 0 saturated carbocycles. The fraction of sp³-hybridized carbons (Fsp3) is 0.0476. The number of hydrogen-bond acceptors (Lipinski definition) is 3. The Balaban J connectivity index is 1.52. The van der Waals surface area contributed by atoms with E-state index < -0.39 is 0 Å². The average molecular weight is 366 g/mol. The number of ether oxygens (including phenoxy) is 1. The molecular weight excluding hydrogens is 350 g/mol. The Morgan fingerprint density at radius 3 is 2.37 bits per heavy atom. The molecule has 0 bridgehead atoms. The number of carbonyl (C=O) groups excluding carboxylic acids is 1. The summed E-state index contributed by atoms with van der Waals surface area (Å²) in [5.41, 5.74) is 1.52. The van der Waals surface area contributed by atoms with Gasteiger partial charge in [-0.15, -0.1) is 0 Å². The highest BCUT2D eigenvalue weighted by atomic mass is 19.1. The summed E-state index contributed by atoms with van der Waals surface area (Å²) >= 11 is 0. The zero-order valence-electron chi connectivity index (χ0n) is 14.2. The van der Waals surface area contributed by atoms with Crippen LogP contribution in [0.4, 0.5) is 20.2 Å². The number of halogens is 2. The van der Waals surface area contributed by atoms with Crippen LogP contribution in [0.25, 0.3) is 0 Å². The summed E-state index contributed by atoms with van der Waals surface area (Å²) in [5.74, 6) is -0.608. The largest absolute Gasteiger partial charge is 0.484 e. The monoisotopic (exact) mass is 366 g/mol. The number of hydrogen-bond donors (Lipinski definition) is 1. The summed E-state index contributed by atoms with van der Waals surface area (Å²) in [6.45, 7) is -0.181. The van der Waals surface area contributed by atoms with E-state index in [1.165, 1.54) is 30.3 Å². The van der Waals surface area contributed by atoms with E-state index in [0.29, 0.717) is 11.4 Å². The van der Waals surface area contributed by atoms with Crippen molar-refractivity contribution in [3.63, 3.8) is 0 Å². The molecule has 3 aromatic rings. The van der Waals surface area contributed by atoms with E-state index in [-0.39, 0.29) is 29.8 Å². The molecular formula is C21H16F2N2O2. The number of carbonyl (C=O) groups is 1. The van der Waals surface area contributed by atoms with Crippen LogP contribution >= 0.6 is 0 Å². The van der Waals surface area contributed by atoms with Crippen molar-refractivity contribution in [2.24, 2.45) is 4.99 Å². The zero-order valence-corrected chi connectivity index (χ0v) is 14.2. The van der Waals surface area contributed by atoms with Gasteiger partial charge >= 0.3 is 0 Å². The van der Waals surface area contributed by atoms with Crippen LogP contribution in [0.2, 0.25) is 0 Å². The molecule has 0 radical (unpaired) electrons. The van der Waals surface area contributed by atoms with E-state index >= 15 is 0 Å². The van der Waals surface area contributed by atoms with Crippen molar-refractivity contribution in [3.8, 4) is 5.75 Å². The molecule has 136 valence electrons. The first-order valence-electron chi connectivity index (χ1n) is 8.17. The second-order valence-electron chi connectivity index (χ2n) is 5.62. The Bertz CT molecular complexity index is 939. The molecule has 0 aromatic heterocycles. The molecule has 0 atom stereocenters. The molecule has 0 aliphatic heterocycles. The number of nitrogens with one attached hydrogen (secondary N) is 1. The Kier molecular flexibility index (Phi) is 5.89. The molecule has 0 spiro atoms. The number of aliphatic imine (C=N–C) groups is 1. The molecule has 0 heterocycles. The van der Waals surface area contributed by atoms with Gasteiger partial charge in [0.1, 0.15) is 17.4 Å². The first-order valence-corrected chi connectivity index (χ1v) is 8.17. The second-order valence-corrected chi connectivity index (χ2v) is 5.62. The minimum atomic E-state index is -0.388. The summed E-state index contributed by atoms with van der Waals surface area (Å²) in [4.78, 5) is 15.9. The molecule has 6 heteroatoms. The lowest BCUT2D eigenvalue weighted by molar-refractivity contribution is -0.118. The summed E-state index contributed by atoms with van der Waals surface area (Å²) < 4.78 is 31.8. The van der Waals surface area contributed by atoms with Gasteiger partial charge in [0, 0.05) is 11.9 Å². The minimum absolute atomic E-state index is 0.181. The van der Waals surface area contributed by atoms with Crippen molar-refractivity contribution < 1.29 is 18.3 Å². The van der Waals surface area contributed by atoms with Crippen LogP contribution in [0.1, 0.15) is 5.56 Å². The predicted octanol–water partition coefficient (Wildman–Crippen LogP) is 4.73. The maximum atomic E-state index is 13.5. The molecule has 1 amide bonds. The van der Waals surface area contributed by atoms with Crippen molar-refractivity contribution in [1.29, 1.82) is 0 Å². The summed E-state index contributed by atoms with van der Waals surface area (Å²) in [6, 6.07) is 18.6. The third-order valence-electron chi connectivity index (χ3n) is 3.58. The highest BCUT2D eigenvalue weighted by molar-refractivity contribution is 5.91. The van der Waals surface area contributed by atoms with E-state index in [4.69, 9.17) is 4.74 Å². The lowest BCUT2D eigenvalue weighted by Crippen LogP contribution is -2.20. The van der Waals surface area contributed by atoms with Crippen molar-refractivity contribution in [3.05, 3.63) is 90.0 Å². The van der Waals surface area contributed by atoms with Crippen molar-refractivity contribution >= 4 is 23.5 Å². The van der Waals surface area contributed by atoms with Gasteiger partial charge in [-0.3, -0.25) is 9.79 Å². The topological polar surface area (TPSA) is 50.7 Å². The predicted molar refractivity (Wildman–Crippen MR) is 101 cm³/mol. The quantitative estimate of drug-likeness (QED) is 0.641. The molecule has 3 aromatic carbocycles. The first-order chi connectivity index (χ1) is 13.1. The summed E-state index contributed by atoms with van der Waals surface area (Å²) in [6.07, 6.45) is 1.55. The number of rotatable bonds is 6.